The van der Waals surface area contributed by atoms with Crippen molar-refractivity contribution in [3.8, 4) is 0 Å². The molecule has 6 heteroatoms. The summed E-state index contributed by atoms with van der Waals surface area (Å²) < 4.78 is 16.8. The monoisotopic (exact) mass is 891 g/mol. The molecule has 0 spiro atoms. The van der Waals surface area contributed by atoms with Crippen molar-refractivity contribution in [1.82, 2.24) is 0 Å². The van der Waals surface area contributed by atoms with Gasteiger partial charge in [0.05, 0.1) is 0 Å². The fraction of sp³-hybridized carbons (Fsp3) is 0.947. The van der Waals surface area contributed by atoms with E-state index in [1.165, 1.54) is 205 Å². The first kappa shape index (κ1) is 61.4. The van der Waals surface area contributed by atoms with E-state index in [0.717, 1.165) is 69.6 Å². The van der Waals surface area contributed by atoms with Gasteiger partial charge in [-0.3, -0.25) is 14.4 Å². The molecule has 6 nitrogen and oxygen atoms in total. The minimum absolute atomic E-state index is 0.0630. The first-order valence-corrected chi connectivity index (χ1v) is 28.2. The first-order chi connectivity index (χ1) is 30.7. The average molecular weight is 892 g/mol. The molecule has 0 aliphatic heterocycles. The smallest absolute Gasteiger partial charge is 0.306 e. The molecule has 1 atom stereocenters. The van der Waals surface area contributed by atoms with Gasteiger partial charge in [-0.05, 0) is 31.1 Å². The van der Waals surface area contributed by atoms with E-state index < -0.39 is 6.10 Å². The van der Waals surface area contributed by atoms with Crippen LogP contribution >= 0.6 is 0 Å². The van der Waals surface area contributed by atoms with Gasteiger partial charge >= 0.3 is 17.9 Å². The lowest BCUT2D eigenvalue weighted by Crippen LogP contribution is -2.30. The molecule has 0 saturated carbocycles. The van der Waals surface area contributed by atoms with Gasteiger partial charge in [-0.25, -0.2) is 0 Å². The molecular weight excluding hydrogens is 781 g/mol. The molecule has 0 heterocycles. The Morgan fingerprint density at radius 3 is 0.778 bits per heavy atom. The Hall–Kier alpha value is -1.59. The molecule has 374 valence electrons. The number of unbranched alkanes of at least 4 members (excludes halogenated alkanes) is 36. The van der Waals surface area contributed by atoms with Crippen LogP contribution in [0.4, 0.5) is 0 Å². The van der Waals surface area contributed by atoms with Crippen LogP contribution in [0.3, 0.4) is 0 Å². The highest BCUT2D eigenvalue weighted by Crippen LogP contribution is 2.18. The summed E-state index contributed by atoms with van der Waals surface area (Å²) >= 11 is 0. The highest BCUT2D eigenvalue weighted by atomic mass is 16.6. The second kappa shape index (κ2) is 49.8. The summed E-state index contributed by atoms with van der Waals surface area (Å²) in [4.78, 5) is 38.0. The number of hydrogen-bond donors (Lipinski definition) is 0. The number of carbonyl (C=O) groups is 3. The molecular formula is C57H110O6. The normalized spacial score (nSPS) is 12.0. The summed E-state index contributed by atoms with van der Waals surface area (Å²) in [6, 6.07) is 0. The van der Waals surface area contributed by atoms with Crippen LogP contribution in [-0.2, 0) is 28.6 Å². The van der Waals surface area contributed by atoms with Crippen molar-refractivity contribution >= 4 is 17.9 Å². The van der Waals surface area contributed by atoms with Crippen molar-refractivity contribution in [1.29, 1.82) is 0 Å². The number of esters is 3. The van der Waals surface area contributed by atoms with E-state index >= 15 is 0 Å². The lowest BCUT2D eigenvalue weighted by atomic mass is 10.0. The van der Waals surface area contributed by atoms with E-state index in [4.69, 9.17) is 14.2 Å². The molecule has 0 unspecified atom stereocenters. The van der Waals surface area contributed by atoms with E-state index in [-0.39, 0.29) is 31.1 Å². The number of rotatable bonds is 51. The maximum absolute atomic E-state index is 12.8. The van der Waals surface area contributed by atoms with Crippen LogP contribution < -0.4 is 0 Å². The summed E-state index contributed by atoms with van der Waals surface area (Å²) in [5, 5.41) is 0. The molecule has 0 saturated heterocycles. The molecule has 0 aromatic rings. The van der Waals surface area contributed by atoms with Gasteiger partial charge in [0.1, 0.15) is 13.2 Å². The Morgan fingerprint density at radius 2 is 0.524 bits per heavy atom. The van der Waals surface area contributed by atoms with Gasteiger partial charge in [0.2, 0.25) is 0 Å². The number of hydrogen-bond acceptors (Lipinski definition) is 6. The van der Waals surface area contributed by atoms with Crippen molar-refractivity contribution in [3.63, 3.8) is 0 Å². The van der Waals surface area contributed by atoms with E-state index in [9.17, 15) is 14.4 Å². The van der Waals surface area contributed by atoms with Crippen LogP contribution in [-0.4, -0.2) is 37.2 Å². The fourth-order valence-electron chi connectivity index (χ4n) is 8.70. The van der Waals surface area contributed by atoms with Gasteiger partial charge in [0.25, 0.3) is 0 Å². The van der Waals surface area contributed by atoms with Crippen LogP contribution in [0.5, 0.6) is 0 Å². The number of carbonyl (C=O) groups excluding carboxylic acids is 3. The molecule has 0 bridgehead atoms. The Morgan fingerprint density at radius 1 is 0.302 bits per heavy atom. The largest absolute Gasteiger partial charge is 0.462 e. The van der Waals surface area contributed by atoms with Crippen LogP contribution in [0.25, 0.3) is 0 Å². The molecule has 0 aromatic carbocycles. The molecule has 0 fully saturated rings. The fourth-order valence-corrected chi connectivity index (χ4v) is 8.70. The van der Waals surface area contributed by atoms with Gasteiger partial charge in [-0.15, -0.1) is 0 Å². The van der Waals surface area contributed by atoms with Gasteiger partial charge in [0.15, 0.2) is 6.10 Å². The molecule has 0 rings (SSSR count). The van der Waals surface area contributed by atoms with Crippen LogP contribution in [0.1, 0.15) is 317 Å². The Balaban J connectivity index is 4.19. The molecule has 0 radical (unpaired) electrons. The summed E-state index contributed by atoms with van der Waals surface area (Å²) in [6.07, 6.45) is 52.4. The third kappa shape index (κ3) is 51.3. The van der Waals surface area contributed by atoms with Gasteiger partial charge in [-0.2, -0.15) is 0 Å². The minimum Gasteiger partial charge on any atom is -0.462 e. The molecule has 63 heavy (non-hydrogen) atoms. The maximum Gasteiger partial charge on any atom is 0.306 e. The van der Waals surface area contributed by atoms with Crippen molar-refractivity contribution in [3.05, 3.63) is 0 Å². The second-order valence-electron chi connectivity index (χ2n) is 20.5. The Labute approximate surface area is 393 Å². The average Bonchev–Trinajstić information content (AvgIpc) is 3.25. The third-order valence-electron chi connectivity index (χ3n) is 13.0. The Kier molecular flexibility index (Phi) is 48.6. The van der Waals surface area contributed by atoms with Crippen molar-refractivity contribution < 1.29 is 28.6 Å². The zero-order valence-corrected chi connectivity index (χ0v) is 43.2. The predicted octanol–water partition coefficient (Wildman–Crippen LogP) is 18.5. The number of ether oxygens (including phenoxy) is 3. The highest BCUT2D eigenvalue weighted by Gasteiger charge is 2.19. The van der Waals surface area contributed by atoms with Gasteiger partial charge < -0.3 is 14.2 Å². The molecule has 0 aromatic heterocycles. The zero-order chi connectivity index (χ0) is 46.1. The van der Waals surface area contributed by atoms with E-state index in [1.54, 1.807) is 0 Å². The van der Waals surface area contributed by atoms with Crippen LogP contribution in [0, 0.1) is 11.8 Å². The van der Waals surface area contributed by atoms with Crippen molar-refractivity contribution in [2.24, 2.45) is 11.8 Å². The van der Waals surface area contributed by atoms with Crippen molar-refractivity contribution in [2.45, 2.75) is 323 Å². The van der Waals surface area contributed by atoms with Crippen LogP contribution in [0.2, 0.25) is 0 Å². The molecule has 0 amide bonds. The zero-order valence-electron chi connectivity index (χ0n) is 43.2. The first-order valence-electron chi connectivity index (χ1n) is 28.2. The quantitative estimate of drug-likeness (QED) is 0.0344. The van der Waals surface area contributed by atoms with Gasteiger partial charge in [0, 0.05) is 19.3 Å². The highest BCUT2D eigenvalue weighted by molar-refractivity contribution is 5.71. The van der Waals surface area contributed by atoms with E-state index in [1.807, 2.05) is 0 Å². The Bertz CT molecular complexity index is 962. The standard InChI is InChI=1S/C57H110O6/c1-6-7-8-9-10-11-27-34-39-44-49-57(60)63-54(51-62-56(59)48-43-38-33-29-24-20-22-26-31-36-41-46-53(4)5)50-61-55(58)47-42-37-32-28-23-19-17-15-13-12-14-16-18-21-25-30-35-40-45-52(2)3/h52-54H,6-51H2,1-5H3/t54-/m0/s1. The topological polar surface area (TPSA) is 78.9 Å². The molecule has 0 N–H and O–H groups in total. The lowest BCUT2D eigenvalue weighted by Gasteiger charge is -2.18. The second-order valence-corrected chi connectivity index (χ2v) is 20.5. The SMILES string of the molecule is CCCCCCCCCCCCC(=O)O[C@@H](COC(=O)CCCCCCCCCCCCCCCCCCCCC(C)C)COC(=O)CCCCCCCCCCCCCC(C)C. The van der Waals surface area contributed by atoms with E-state index in [2.05, 4.69) is 34.6 Å². The van der Waals surface area contributed by atoms with Crippen LogP contribution in [0.15, 0.2) is 0 Å². The lowest BCUT2D eigenvalue weighted by molar-refractivity contribution is -0.167. The van der Waals surface area contributed by atoms with Gasteiger partial charge in [-0.1, -0.05) is 279 Å². The summed E-state index contributed by atoms with van der Waals surface area (Å²) in [7, 11) is 0. The summed E-state index contributed by atoms with van der Waals surface area (Å²) in [6.45, 7) is 11.4. The summed E-state index contributed by atoms with van der Waals surface area (Å²) in [5.74, 6) is 0.842. The molecule has 0 aliphatic carbocycles. The minimum atomic E-state index is -0.761. The third-order valence-corrected chi connectivity index (χ3v) is 13.0. The van der Waals surface area contributed by atoms with Crippen molar-refractivity contribution in [2.75, 3.05) is 13.2 Å². The van der Waals surface area contributed by atoms with E-state index in [0.29, 0.717) is 19.3 Å². The maximum atomic E-state index is 12.8. The summed E-state index contributed by atoms with van der Waals surface area (Å²) in [5.41, 5.74) is 0. The molecule has 0 aliphatic rings. The predicted molar refractivity (Wildman–Crippen MR) is 270 cm³/mol.